The summed E-state index contributed by atoms with van der Waals surface area (Å²) in [5.41, 5.74) is 4.24. The molecule has 0 bridgehead atoms. The quantitative estimate of drug-likeness (QED) is 0.554. The standard InChI is InChI=1S/C25H38NO.ClH/c1-20(2)17-23-13-10-14-25(24(23)18-21(3)4)27-16-15-26(5,6)19-22-11-8-7-9-12-22;/h7-14,20-21H,15-19H2,1-6H3;1H/q+1;/p-1. The van der Waals surface area contributed by atoms with Gasteiger partial charge in [0.25, 0.3) is 0 Å². The van der Waals surface area contributed by atoms with Crippen molar-refractivity contribution in [3.05, 3.63) is 65.2 Å². The third kappa shape index (κ3) is 8.24. The topological polar surface area (TPSA) is 9.23 Å². The highest BCUT2D eigenvalue weighted by atomic mass is 35.5. The molecule has 0 spiro atoms. The summed E-state index contributed by atoms with van der Waals surface area (Å²) in [6.45, 7) is 11.9. The Labute approximate surface area is 178 Å². The summed E-state index contributed by atoms with van der Waals surface area (Å²) in [7, 11) is 4.56. The van der Waals surface area contributed by atoms with E-state index < -0.39 is 0 Å². The van der Waals surface area contributed by atoms with Gasteiger partial charge in [0.2, 0.25) is 0 Å². The van der Waals surface area contributed by atoms with E-state index in [4.69, 9.17) is 4.74 Å². The molecule has 0 amide bonds. The van der Waals surface area contributed by atoms with E-state index in [2.05, 4.69) is 90.3 Å². The Morgan fingerprint density at radius 1 is 0.821 bits per heavy atom. The second-order valence-electron chi connectivity index (χ2n) is 9.24. The molecule has 0 fully saturated rings. The van der Waals surface area contributed by atoms with Crippen molar-refractivity contribution in [2.75, 3.05) is 27.2 Å². The Kier molecular flexibility index (Phi) is 10.1. The van der Waals surface area contributed by atoms with Crippen molar-refractivity contribution in [2.45, 2.75) is 47.1 Å². The lowest BCUT2D eigenvalue weighted by Gasteiger charge is -2.30. The summed E-state index contributed by atoms with van der Waals surface area (Å²) < 4.78 is 7.24. The highest BCUT2D eigenvalue weighted by molar-refractivity contribution is 5.41. The minimum absolute atomic E-state index is 0. The van der Waals surface area contributed by atoms with Gasteiger partial charge in [-0.15, -0.1) is 0 Å². The molecule has 2 aromatic carbocycles. The third-order valence-corrected chi connectivity index (χ3v) is 4.88. The maximum atomic E-state index is 6.32. The van der Waals surface area contributed by atoms with Gasteiger partial charge in [0.1, 0.15) is 25.4 Å². The molecule has 0 heterocycles. The molecule has 0 atom stereocenters. The minimum Gasteiger partial charge on any atom is -1.00 e. The van der Waals surface area contributed by atoms with Gasteiger partial charge in [0.05, 0.1) is 14.1 Å². The lowest BCUT2D eigenvalue weighted by Crippen LogP contribution is -3.00. The zero-order valence-electron chi connectivity index (χ0n) is 18.5. The van der Waals surface area contributed by atoms with Gasteiger partial charge in [-0.3, -0.25) is 0 Å². The van der Waals surface area contributed by atoms with Crippen LogP contribution in [-0.2, 0) is 19.4 Å². The van der Waals surface area contributed by atoms with E-state index in [9.17, 15) is 0 Å². The highest BCUT2D eigenvalue weighted by Gasteiger charge is 2.17. The number of ether oxygens (including phenoxy) is 1. The van der Waals surface area contributed by atoms with E-state index in [1.165, 1.54) is 16.7 Å². The van der Waals surface area contributed by atoms with Crippen LogP contribution in [0.4, 0.5) is 0 Å². The largest absolute Gasteiger partial charge is 1.00 e. The molecule has 0 unspecified atom stereocenters. The molecule has 0 saturated carbocycles. The van der Waals surface area contributed by atoms with Crippen molar-refractivity contribution in [3.8, 4) is 5.75 Å². The fraction of sp³-hybridized carbons (Fsp3) is 0.520. The zero-order chi connectivity index (χ0) is 19.9. The second-order valence-corrected chi connectivity index (χ2v) is 9.24. The lowest BCUT2D eigenvalue weighted by atomic mass is 9.92. The van der Waals surface area contributed by atoms with Gasteiger partial charge in [-0.2, -0.15) is 0 Å². The van der Waals surface area contributed by atoms with Gasteiger partial charge in [0, 0.05) is 5.56 Å². The van der Waals surface area contributed by atoms with E-state index in [0.717, 1.165) is 42.8 Å². The predicted octanol–water partition coefficient (Wildman–Crippen LogP) is 2.74. The third-order valence-electron chi connectivity index (χ3n) is 4.88. The highest BCUT2D eigenvalue weighted by Crippen LogP contribution is 2.27. The van der Waals surface area contributed by atoms with Crippen LogP contribution in [0.25, 0.3) is 0 Å². The number of benzene rings is 2. The van der Waals surface area contributed by atoms with Crippen molar-refractivity contribution >= 4 is 0 Å². The van der Waals surface area contributed by atoms with Crippen LogP contribution in [0.3, 0.4) is 0 Å². The first-order valence-electron chi connectivity index (χ1n) is 10.4. The van der Waals surface area contributed by atoms with Crippen LogP contribution in [0.5, 0.6) is 5.75 Å². The van der Waals surface area contributed by atoms with Gasteiger partial charge in [-0.1, -0.05) is 70.2 Å². The van der Waals surface area contributed by atoms with Gasteiger partial charge in [-0.05, 0) is 41.9 Å². The number of rotatable bonds is 10. The van der Waals surface area contributed by atoms with Crippen molar-refractivity contribution in [1.82, 2.24) is 0 Å². The monoisotopic (exact) mass is 403 g/mol. The smallest absolute Gasteiger partial charge is 0.137 e. The van der Waals surface area contributed by atoms with Crippen molar-refractivity contribution < 1.29 is 21.6 Å². The number of quaternary nitrogens is 1. The molecule has 2 rings (SSSR count). The Balaban J connectivity index is 0.00000392. The Morgan fingerprint density at radius 3 is 2.07 bits per heavy atom. The fourth-order valence-electron chi connectivity index (χ4n) is 3.58. The van der Waals surface area contributed by atoms with Crippen LogP contribution in [0.15, 0.2) is 48.5 Å². The SMILES string of the molecule is CC(C)Cc1cccc(OCC[N+](C)(C)Cc2ccccc2)c1CC(C)C.[Cl-]. The van der Waals surface area contributed by atoms with Gasteiger partial charge in [-0.25, -0.2) is 0 Å². The van der Waals surface area contributed by atoms with Gasteiger partial charge < -0.3 is 21.6 Å². The lowest BCUT2D eigenvalue weighted by molar-refractivity contribution is -0.903. The van der Waals surface area contributed by atoms with Crippen LogP contribution in [-0.4, -0.2) is 31.7 Å². The second kappa shape index (κ2) is 11.5. The predicted molar refractivity (Wildman–Crippen MR) is 116 cm³/mol. The summed E-state index contributed by atoms with van der Waals surface area (Å²) in [4.78, 5) is 0. The summed E-state index contributed by atoms with van der Waals surface area (Å²) in [6.07, 6.45) is 2.20. The minimum atomic E-state index is 0. The van der Waals surface area contributed by atoms with Crippen LogP contribution >= 0.6 is 0 Å². The van der Waals surface area contributed by atoms with Crippen LogP contribution in [0, 0.1) is 11.8 Å². The molecule has 2 nitrogen and oxygen atoms in total. The number of hydrogen-bond donors (Lipinski definition) is 0. The average Bonchev–Trinajstić information content (AvgIpc) is 2.57. The summed E-state index contributed by atoms with van der Waals surface area (Å²) >= 11 is 0. The molecule has 0 saturated heterocycles. The molecule has 156 valence electrons. The zero-order valence-corrected chi connectivity index (χ0v) is 19.3. The number of halogens is 1. The maximum Gasteiger partial charge on any atom is 0.137 e. The molecule has 0 aliphatic heterocycles. The summed E-state index contributed by atoms with van der Waals surface area (Å²) in [6, 6.07) is 17.3. The van der Waals surface area contributed by atoms with E-state index >= 15 is 0 Å². The summed E-state index contributed by atoms with van der Waals surface area (Å²) in [5, 5.41) is 0. The molecular weight excluding hydrogens is 366 g/mol. The molecule has 0 aliphatic carbocycles. The first-order valence-corrected chi connectivity index (χ1v) is 10.4. The molecule has 28 heavy (non-hydrogen) atoms. The van der Waals surface area contributed by atoms with E-state index in [1.54, 1.807) is 0 Å². The Bertz CT molecular complexity index is 695. The number of nitrogens with zero attached hydrogens (tertiary/aromatic N) is 1. The first-order chi connectivity index (χ1) is 12.8. The fourth-order valence-corrected chi connectivity index (χ4v) is 3.58. The maximum absolute atomic E-state index is 6.32. The molecule has 0 aliphatic rings. The first kappa shape index (κ1) is 24.5. The molecule has 0 radical (unpaired) electrons. The average molecular weight is 404 g/mol. The van der Waals surface area contributed by atoms with Crippen LogP contribution in [0.1, 0.15) is 44.4 Å². The normalized spacial score (nSPS) is 11.6. The van der Waals surface area contributed by atoms with Crippen molar-refractivity contribution in [1.29, 1.82) is 0 Å². The van der Waals surface area contributed by atoms with Crippen molar-refractivity contribution in [3.63, 3.8) is 0 Å². The van der Waals surface area contributed by atoms with Crippen molar-refractivity contribution in [2.24, 2.45) is 11.8 Å². The van der Waals surface area contributed by atoms with Gasteiger partial charge in [0.15, 0.2) is 0 Å². The van der Waals surface area contributed by atoms with Crippen LogP contribution in [0.2, 0.25) is 0 Å². The van der Waals surface area contributed by atoms with E-state index in [-0.39, 0.29) is 12.4 Å². The molecule has 0 aromatic heterocycles. The van der Waals surface area contributed by atoms with E-state index in [1.807, 2.05) is 0 Å². The number of likely N-dealkylation sites (N-methyl/N-ethyl adjacent to an activating group) is 1. The Hall–Kier alpha value is -1.51. The number of hydrogen-bond acceptors (Lipinski definition) is 1. The van der Waals surface area contributed by atoms with Crippen LogP contribution < -0.4 is 17.1 Å². The molecule has 3 heteroatoms. The Morgan fingerprint density at radius 2 is 1.46 bits per heavy atom. The van der Waals surface area contributed by atoms with Gasteiger partial charge >= 0.3 is 0 Å². The molecule has 2 aromatic rings. The summed E-state index contributed by atoms with van der Waals surface area (Å²) in [5.74, 6) is 2.38. The van der Waals surface area contributed by atoms with E-state index in [0.29, 0.717) is 11.8 Å². The molecule has 0 N–H and O–H groups in total. The molecular formula is C25H38ClNO.